The topological polar surface area (TPSA) is 65.2 Å². The number of halogens is 3. The number of carbonyl (C=O) groups is 1. The zero-order valence-corrected chi connectivity index (χ0v) is 10.6. The number of nitrogens with zero attached hydrogens (tertiary/aromatic N) is 1. The molecule has 94 valence electrons. The van der Waals surface area contributed by atoms with Crippen molar-refractivity contribution in [3.63, 3.8) is 0 Å². The number of aromatic nitrogens is 1. The summed E-state index contributed by atoms with van der Waals surface area (Å²) in [5.74, 6) is -0.672. The normalized spacial score (nSPS) is 10.7. The van der Waals surface area contributed by atoms with Gasteiger partial charge in [0.2, 0.25) is 0 Å². The highest BCUT2D eigenvalue weighted by atomic mass is 79.9. The van der Waals surface area contributed by atoms with Crippen LogP contribution < -0.4 is 5.73 Å². The maximum absolute atomic E-state index is 12.6. The van der Waals surface area contributed by atoms with E-state index in [-0.39, 0.29) is 34.6 Å². The van der Waals surface area contributed by atoms with Gasteiger partial charge in [-0.1, -0.05) is 0 Å². The van der Waals surface area contributed by atoms with E-state index in [0.717, 1.165) is 6.07 Å². The summed E-state index contributed by atoms with van der Waals surface area (Å²) in [6.45, 7) is 1.76. The van der Waals surface area contributed by atoms with Gasteiger partial charge in [-0.15, -0.1) is 0 Å². The molecule has 0 saturated heterocycles. The number of hydrogen-bond acceptors (Lipinski definition) is 4. The van der Waals surface area contributed by atoms with Gasteiger partial charge < -0.3 is 10.5 Å². The second-order valence-electron chi connectivity index (χ2n) is 3.10. The Balaban J connectivity index is 3.23. The molecule has 0 atom stereocenters. The average molecular weight is 309 g/mol. The Bertz CT molecular complexity index is 427. The molecule has 0 radical (unpaired) electrons. The Morgan fingerprint density at radius 1 is 1.65 bits per heavy atom. The molecular weight excluding hydrogens is 298 g/mol. The number of pyridine rings is 1. The van der Waals surface area contributed by atoms with Gasteiger partial charge in [0.15, 0.2) is 5.69 Å². The molecule has 1 heterocycles. The largest absolute Gasteiger partial charge is 0.461 e. The zero-order chi connectivity index (χ0) is 13.0. The molecule has 0 spiro atoms. The highest BCUT2D eigenvalue weighted by molar-refractivity contribution is 9.10. The molecule has 0 unspecified atom stereocenters. The maximum Gasteiger partial charge on any atom is 0.357 e. The van der Waals surface area contributed by atoms with Crippen LogP contribution >= 0.6 is 15.9 Å². The summed E-state index contributed by atoms with van der Waals surface area (Å²) in [4.78, 5) is 15.3. The molecule has 4 nitrogen and oxygen atoms in total. The smallest absolute Gasteiger partial charge is 0.357 e. The van der Waals surface area contributed by atoms with Crippen molar-refractivity contribution in [3.05, 3.63) is 27.5 Å². The summed E-state index contributed by atoms with van der Waals surface area (Å²) in [5.41, 5.74) is 5.30. The molecule has 0 fully saturated rings. The predicted molar refractivity (Wildman–Crippen MR) is 60.7 cm³/mol. The number of rotatable bonds is 4. The van der Waals surface area contributed by atoms with Gasteiger partial charge in [0.1, 0.15) is 4.60 Å². The lowest BCUT2D eigenvalue weighted by atomic mass is 10.1. The zero-order valence-electron chi connectivity index (χ0n) is 9.04. The summed E-state index contributed by atoms with van der Waals surface area (Å²) in [5, 5.41) is 0. The fraction of sp³-hybridized carbons (Fsp3) is 0.400. The van der Waals surface area contributed by atoms with E-state index in [9.17, 15) is 13.6 Å². The summed E-state index contributed by atoms with van der Waals surface area (Å²) < 4.78 is 29.9. The number of nitrogens with two attached hydrogens (primary N) is 1. The minimum absolute atomic E-state index is 0.0365. The Labute approximate surface area is 105 Å². The van der Waals surface area contributed by atoms with Crippen molar-refractivity contribution in [2.75, 3.05) is 6.61 Å². The first kappa shape index (κ1) is 14.0. The van der Waals surface area contributed by atoms with E-state index in [1.165, 1.54) is 0 Å². The van der Waals surface area contributed by atoms with Crippen LogP contribution in [0.25, 0.3) is 0 Å². The molecule has 2 N–H and O–H groups in total. The van der Waals surface area contributed by atoms with Gasteiger partial charge in [0.25, 0.3) is 6.43 Å². The van der Waals surface area contributed by atoms with Crippen LogP contribution in [-0.4, -0.2) is 17.6 Å². The number of ether oxygens (including phenoxy) is 1. The molecule has 0 saturated carbocycles. The van der Waals surface area contributed by atoms with Crippen LogP contribution in [-0.2, 0) is 11.3 Å². The standard InChI is InChI=1S/C10H11BrF2N2O2/c1-2-17-10(16)7-5(4-14)3-6(9(12)13)8(11)15-7/h3,9H,2,4,14H2,1H3. The van der Waals surface area contributed by atoms with Crippen molar-refractivity contribution in [2.45, 2.75) is 19.9 Å². The van der Waals surface area contributed by atoms with Crippen molar-refractivity contribution in [3.8, 4) is 0 Å². The summed E-state index contributed by atoms with van der Waals surface area (Å²) in [7, 11) is 0. The van der Waals surface area contributed by atoms with E-state index < -0.39 is 12.4 Å². The van der Waals surface area contributed by atoms with Gasteiger partial charge in [-0.25, -0.2) is 18.6 Å². The van der Waals surface area contributed by atoms with Crippen LogP contribution in [0.5, 0.6) is 0 Å². The Kier molecular flexibility index (Phi) is 4.95. The van der Waals surface area contributed by atoms with Crippen molar-refractivity contribution >= 4 is 21.9 Å². The minimum atomic E-state index is -2.68. The molecule has 0 bridgehead atoms. The van der Waals surface area contributed by atoms with Crippen LogP contribution in [0.2, 0.25) is 0 Å². The van der Waals surface area contributed by atoms with E-state index in [2.05, 4.69) is 20.9 Å². The van der Waals surface area contributed by atoms with Crippen molar-refractivity contribution < 1.29 is 18.3 Å². The number of carbonyl (C=O) groups excluding carboxylic acids is 1. The second kappa shape index (κ2) is 6.02. The van der Waals surface area contributed by atoms with Crippen LogP contribution in [0.4, 0.5) is 8.78 Å². The minimum Gasteiger partial charge on any atom is -0.461 e. The summed E-state index contributed by atoms with van der Waals surface area (Å²) >= 11 is 2.89. The molecular formula is C10H11BrF2N2O2. The van der Waals surface area contributed by atoms with Crippen LogP contribution in [0.3, 0.4) is 0 Å². The Morgan fingerprint density at radius 2 is 2.29 bits per heavy atom. The van der Waals surface area contributed by atoms with E-state index in [0.29, 0.717) is 0 Å². The van der Waals surface area contributed by atoms with Crippen molar-refractivity contribution in [2.24, 2.45) is 5.73 Å². The van der Waals surface area contributed by atoms with E-state index in [1.807, 2.05) is 0 Å². The van der Waals surface area contributed by atoms with E-state index in [1.54, 1.807) is 6.92 Å². The molecule has 17 heavy (non-hydrogen) atoms. The van der Waals surface area contributed by atoms with Gasteiger partial charge in [-0.05, 0) is 34.5 Å². The third-order valence-electron chi connectivity index (χ3n) is 2.01. The molecule has 1 aromatic rings. The van der Waals surface area contributed by atoms with Crippen LogP contribution in [0.1, 0.15) is 35.0 Å². The monoisotopic (exact) mass is 308 g/mol. The molecule has 7 heteroatoms. The third-order valence-corrected chi connectivity index (χ3v) is 2.64. The molecule has 0 aromatic carbocycles. The van der Waals surface area contributed by atoms with Crippen LogP contribution in [0.15, 0.2) is 10.7 Å². The van der Waals surface area contributed by atoms with E-state index >= 15 is 0 Å². The van der Waals surface area contributed by atoms with Gasteiger partial charge in [0, 0.05) is 6.54 Å². The SMILES string of the molecule is CCOC(=O)c1nc(Br)c(C(F)F)cc1CN. The lowest BCUT2D eigenvalue weighted by Gasteiger charge is -2.10. The molecule has 1 rings (SSSR count). The average Bonchev–Trinajstić information content (AvgIpc) is 2.28. The fourth-order valence-electron chi connectivity index (χ4n) is 1.23. The number of alkyl halides is 2. The highest BCUT2D eigenvalue weighted by Crippen LogP contribution is 2.28. The lowest BCUT2D eigenvalue weighted by molar-refractivity contribution is 0.0517. The quantitative estimate of drug-likeness (QED) is 0.685. The van der Waals surface area contributed by atoms with Gasteiger partial charge >= 0.3 is 5.97 Å². The first-order chi connectivity index (χ1) is 8.01. The van der Waals surface area contributed by atoms with Crippen molar-refractivity contribution in [1.82, 2.24) is 4.98 Å². The van der Waals surface area contributed by atoms with Gasteiger partial charge in [0.05, 0.1) is 12.2 Å². The Morgan fingerprint density at radius 3 is 2.76 bits per heavy atom. The molecule has 0 aliphatic heterocycles. The number of esters is 1. The molecule has 0 amide bonds. The molecule has 0 aliphatic rings. The fourth-order valence-corrected chi connectivity index (χ4v) is 1.70. The van der Waals surface area contributed by atoms with Gasteiger partial charge in [-0.3, -0.25) is 0 Å². The number of hydrogen-bond donors (Lipinski definition) is 1. The highest BCUT2D eigenvalue weighted by Gasteiger charge is 2.20. The molecule has 1 aromatic heterocycles. The lowest BCUT2D eigenvalue weighted by Crippen LogP contribution is -2.14. The Hall–Kier alpha value is -1.08. The summed E-state index contributed by atoms with van der Waals surface area (Å²) in [6, 6.07) is 1.16. The first-order valence-electron chi connectivity index (χ1n) is 4.85. The third kappa shape index (κ3) is 3.19. The molecule has 0 aliphatic carbocycles. The maximum atomic E-state index is 12.6. The van der Waals surface area contributed by atoms with Crippen molar-refractivity contribution in [1.29, 1.82) is 0 Å². The summed E-state index contributed by atoms with van der Waals surface area (Å²) in [6.07, 6.45) is -2.68. The van der Waals surface area contributed by atoms with E-state index in [4.69, 9.17) is 10.5 Å². The van der Waals surface area contributed by atoms with Gasteiger partial charge in [-0.2, -0.15) is 0 Å². The van der Waals surface area contributed by atoms with Crippen LogP contribution in [0, 0.1) is 0 Å². The first-order valence-corrected chi connectivity index (χ1v) is 5.65. The second-order valence-corrected chi connectivity index (χ2v) is 3.85. The predicted octanol–water partition coefficient (Wildman–Crippen LogP) is 2.42.